The molecule has 3 aromatic rings. The van der Waals surface area contributed by atoms with Crippen LogP contribution >= 0.6 is 11.6 Å². The molecule has 2 heterocycles. The predicted octanol–water partition coefficient (Wildman–Crippen LogP) is 3.72. The van der Waals surface area contributed by atoms with Crippen molar-refractivity contribution in [3.63, 3.8) is 0 Å². The van der Waals surface area contributed by atoms with Crippen molar-refractivity contribution >= 4 is 17.1 Å². The van der Waals surface area contributed by atoms with Crippen molar-refractivity contribution < 1.29 is 0 Å². The molecular formula is C15H10ClN3. The monoisotopic (exact) mass is 267 g/mol. The minimum Gasteiger partial charge on any atom is -0.316 e. The summed E-state index contributed by atoms with van der Waals surface area (Å²) in [6, 6.07) is 13.7. The van der Waals surface area contributed by atoms with Gasteiger partial charge in [0.15, 0.2) is 0 Å². The molecule has 4 heteroatoms. The zero-order chi connectivity index (χ0) is 13.2. The number of benzene rings is 1. The maximum absolute atomic E-state index is 8.82. The first-order valence-electron chi connectivity index (χ1n) is 5.87. The summed E-state index contributed by atoms with van der Waals surface area (Å²) in [7, 11) is 0. The summed E-state index contributed by atoms with van der Waals surface area (Å²) in [4.78, 5) is 4.43. The molecular weight excluding hydrogens is 258 g/mol. The molecule has 1 aromatic carbocycles. The van der Waals surface area contributed by atoms with Gasteiger partial charge in [-0.3, -0.25) is 4.98 Å². The predicted molar refractivity (Wildman–Crippen MR) is 75.0 cm³/mol. The Morgan fingerprint density at radius 3 is 2.68 bits per heavy atom. The van der Waals surface area contributed by atoms with Crippen LogP contribution in [-0.2, 0) is 6.42 Å². The molecule has 0 radical (unpaired) electrons. The highest BCUT2D eigenvalue weighted by Crippen LogP contribution is 2.25. The fourth-order valence-electron chi connectivity index (χ4n) is 2.16. The minimum absolute atomic E-state index is 0.387. The van der Waals surface area contributed by atoms with E-state index in [1.807, 2.05) is 47.0 Å². The van der Waals surface area contributed by atoms with Crippen LogP contribution in [0.2, 0.25) is 5.02 Å². The Balaban J connectivity index is 2.20. The first kappa shape index (κ1) is 11.8. The van der Waals surface area contributed by atoms with Crippen LogP contribution in [0, 0.1) is 11.3 Å². The van der Waals surface area contributed by atoms with Gasteiger partial charge < -0.3 is 4.40 Å². The van der Waals surface area contributed by atoms with E-state index in [-0.39, 0.29) is 0 Å². The molecule has 2 aromatic heterocycles. The smallest absolute Gasteiger partial charge is 0.0942 e. The van der Waals surface area contributed by atoms with Crippen LogP contribution < -0.4 is 0 Å². The van der Waals surface area contributed by atoms with Gasteiger partial charge in [0.1, 0.15) is 0 Å². The molecule has 0 fully saturated rings. The maximum Gasteiger partial charge on any atom is 0.0942 e. The van der Waals surface area contributed by atoms with Crippen molar-refractivity contribution in [3.8, 4) is 17.3 Å². The number of rotatable bonds is 2. The summed E-state index contributed by atoms with van der Waals surface area (Å²) in [6.45, 7) is 0. The number of hydrogen-bond acceptors (Lipinski definition) is 2. The highest BCUT2D eigenvalue weighted by atomic mass is 35.5. The molecule has 0 saturated heterocycles. The SMILES string of the molecule is N#CCc1ccc2c(-c3ccc(Cl)cc3)nccn12. The average molecular weight is 268 g/mol. The van der Waals surface area contributed by atoms with Crippen molar-refractivity contribution in [2.24, 2.45) is 0 Å². The van der Waals surface area contributed by atoms with Gasteiger partial charge in [0.2, 0.25) is 0 Å². The van der Waals surface area contributed by atoms with Crippen LogP contribution in [0.25, 0.3) is 16.8 Å². The van der Waals surface area contributed by atoms with Crippen LogP contribution in [0.15, 0.2) is 48.8 Å². The topological polar surface area (TPSA) is 41.1 Å². The van der Waals surface area contributed by atoms with Crippen molar-refractivity contribution in [1.82, 2.24) is 9.38 Å². The summed E-state index contributed by atoms with van der Waals surface area (Å²) in [6.07, 6.45) is 4.01. The van der Waals surface area contributed by atoms with E-state index in [1.165, 1.54) is 0 Å². The van der Waals surface area contributed by atoms with Crippen LogP contribution in [0.1, 0.15) is 5.69 Å². The number of aromatic nitrogens is 2. The highest BCUT2D eigenvalue weighted by Gasteiger charge is 2.08. The zero-order valence-corrected chi connectivity index (χ0v) is 10.8. The summed E-state index contributed by atoms with van der Waals surface area (Å²) < 4.78 is 2.00. The van der Waals surface area contributed by atoms with Crippen molar-refractivity contribution in [1.29, 1.82) is 5.26 Å². The lowest BCUT2D eigenvalue weighted by Crippen LogP contribution is -1.94. The van der Waals surface area contributed by atoms with E-state index in [4.69, 9.17) is 16.9 Å². The number of hydrogen-bond donors (Lipinski definition) is 0. The summed E-state index contributed by atoms with van der Waals surface area (Å²) >= 11 is 5.90. The van der Waals surface area contributed by atoms with E-state index in [9.17, 15) is 0 Å². The molecule has 92 valence electrons. The second kappa shape index (κ2) is 4.75. The van der Waals surface area contributed by atoms with Gasteiger partial charge in [0, 0.05) is 28.7 Å². The van der Waals surface area contributed by atoms with E-state index < -0.39 is 0 Å². The molecule has 0 atom stereocenters. The molecule has 19 heavy (non-hydrogen) atoms. The molecule has 0 aliphatic carbocycles. The molecule has 0 unspecified atom stereocenters. The zero-order valence-electron chi connectivity index (χ0n) is 10.0. The van der Waals surface area contributed by atoms with E-state index >= 15 is 0 Å². The Hall–Kier alpha value is -2.31. The van der Waals surface area contributed by atoms with E-state index in [0.29, 0.717) is 11.4 Å². The first-order valence-corrected chi connectivity index (χ1v) is 6.25. The second-order valence-electron chi connectivity index (χ2n) is 4.20. The van der Waals surface area contributed by atoms with Crippen molar-refractivity contribution in [2.75, 3.05) is 0 Å². The molecule has 3 nitrogen and oxygen atoms in total. The van der Waals surface area contributed by atoms with Gasteiger partial charge >= 0.3 is 0 Å². The molecule has 0 aliphatic heterocycles. The lowest BCUT2D eigenvalue weighted by atomic mass is 10.1. The van der Waals surface area contributed by atoms with Crippen LogP contribution in [0.3, 0.4) is 0 Å². The molecule has 0 saturated carbocycles. The normalized spacial score (nSPS) is 10.5. The van der Waals surface area contributed by atoms with Gasteiger partial charge in [-0.25, -0.2) is 0 Å². The Morgan fingerprint density at radius 1 is 1.16 bits per heavy atom. The third-order valence-electron chi connectivity index (χ3n) is 3.04. The van der Waals surface area contributed by atoms with Gasteiger partial charge in [-0.2, -0.15) is 5.26 Å². The number of nitriles is 1. The summed E-state index contributed by atoms with van der Waals surface area (Å²) in [5.74, 6) is 0. The van der Waals surface area contributed by atoms with E-state index in [2.05, 4.69) is 11.1 Å². The third kappa shape index (κ3) is 2.07. The van der Waals surface area contributed by atoms with Crippen molar-refractivity contribution in [3.05, 3.63) is 59.5 Å². The van der Waals surface area contributed by atoms with Gasteiger partial charge in [-0.15, -0.1) is 0 Å². The molecule has 0 spiro atoms. The second-order valence-corrected chi connectivity index (χ2v) is 4.63. The fourth-order valence-corrected chi connectivity index (χ4v) is 2.28. The van der Waals surface area contributed by atoms with Crippen LogP contribution in [-0.4, -0.2) is 9.38 Å². The lowest BCUT2D eigenvalue weighted by Gasteiger charge is -2.05. The molecule has 0 amide bonds. The number of halogens is 1. The first-order chi connectivity index (χ1) is 9.29. The molecule has 0 aliphatic rings. The number of fused-ring (bicyclic) bond motifs is 1. The maximum atomic E-state index is 8.82. The average Bonchev–Trinajstić information content (AvgIpc) is 2.84. The van der Waals surface area contributed by atoms with Gasteiger partial charge in [0.05, 0.1) is 23.7 Å². The van der Waals surface area contributed by atoms with Crippen LogP contribution in [0.5, 0.6) is 0 Å². The van der Waals surface area contributed by atoms with Gasteiger partial charge in [0.25, 0.3) is 0 Å². The standard InChI is InChI=1S/C15H10ClN3/c16-12-3-1-11(2-4-12)15-14-6-5-13(7-8-17)19(14)10-9-18-15/h1-6,9-10H,7H2. The lowest BCUT2D eigenvalue weighted by molar-refractivity contribution is 1.04. The fraction of sp³-hybridized carbons (Fsp3) is 0.0667. The Bertz CT molecular complexity index is 766. The minimum atomic E-state index is 0.387. The Morgan fingerprint density at radius 2 is 1.95 bits per heavy atom. The van der Waals surface area contributed by atoms with E-state index in [1.54, 1.807) is 6.20 Å². The molecule has 0 bridgehead atoms. The summed E-state index contributed by atoms with van der Waals surface area (Å²) in [5.41, 5.74) is 3.87. The molecule has 3 rings (SSSR count). The Labute approximate surface area is 115 Å². The van der Waals surface area contributed by atoms with Gasteiger partial charge in [-0.05, 0) is 24.3 Å². The Kier molecular flexibility index (Phi) is 2.94. The summed E-state index contributed by atoms with van der Waals surface area (Å²) in [5, 5.41) is 9.53. The number of nitrogens with zero attached hydrogens (tertiary/aromatic N) is 3. The van der Waals surface area contributed by atoms with Gasteiger partial charge in [-0.1, -0.05) is 23.7 Å². The molecule has 0 N–H and O–H groups in total. The third-order valence-corrected chi connectivity index (χ3v) is 3.29. The van der Waals surface area contributed by atoms with Crippen LogP contribution in [0.4, 0.5) is 0 Å². The quantitative estimate of drug-likeness (QED) is 0.710. The van der Waals surface area contributed by atoms with E-state index in [0.717, 1.165) is 22.5 Å². The largest absolute Gasteiger partial charge is 0.316 e. The highest BCUT2D eigenvalue weighted by molar-refractivity contribution is 6.30. The van der Waals surface area contributed by atoms with Crippen molar-refractivity contribution in [2.45, 2.75) is 6.42 Å².